The fraction of sp³-hybridized carbons (Fsp3) is 0.435. The molecule has 1 fully saturated rings. The summed E-state index contributed by atoms with van der Waals surface area (Å²) in [5.74, 6) is 0. The largest absolute Gasteiger partial charge is 0.375 e. The highest BCUT2D eigenvalue weighted by Gasteiger charge is 2.24. The summed E-state index contributed by atoms with van der Waals surface area (Å²) >= 11 is 0. The van der Waals surface area contributed by atoms with E-state index in [1.54, 1.807) is 0 Å². The molecule has 156 valence electrons. The van der Waals surface area contributed by atoms with E-state index in [9.17, 15) is 4.79 Å². The van der Waals surface area contributed by atoms with Crippen LogP contribution in [0.5, 0.6) is 0 Å². The summed E-state index contributed by atoms with van der Waals surface area (Å²) in [6.07, 6.45) is 1.21. The number of amides is 2. The van der Waals surface area contributed by atoms with Crippen LogP contribution in [0.25, 0.3) is 0 Å². The fourth-order valence-electron chi connectivity index (χ4n) is 3.73. The number of morpholine rings is 1. The van der Waals surface area contributed by atoms with Gasteiger partial charge in [0.1, 0.15) is 0 Å². The Morgan fingerprint density at radius 3 is 2.45 bits per heavy atom. The lowest BCUT2D eigenvalue weighted by molar-refractivity contribution is -0.00517. The van der Waals surface area contributed by atoms with Crippen molar-refractivity contribution in [3.63, 3.8) is 0 Å². The molecule has 6 nitrogen and oxygen atoms in total. The molecule has 0 radical (unpaired) electrons. The molecular formula is C23H32N4O2. The number of urea groups is 1. The zero-order valence-electron chi connectivity index (χ0n) is 17.6. The highest BCUT2D eigenvalue weighted by Crippen LogP contribution is 2.28. The molecule has 0 spiro atoms. The molecule has 6 heteroatoms. The summed E-state index contributed by atoms with van der Waals surface area (Å²) in [5, 5.41) is 5.98. The maximum atomic E-state index is 12.4. The average molecular weight is 397 g/mol. The average Bonchev–Trinajstić information content (AvgIpc) is 2.71. The molecule has 1 heterocycles. The fourth-order valence-corrected chi connectivity index (χ4v) is 3.73. The van der Waals surface area contributed by atoms with E-state index in [-0.39, 0.29) is 18.2 Å². The van der Waals surface area contributed by atoms with Crippen molar-refractivity contribution in [2.24, 2.45) is 0 Å². The van der Waals surface area contributed by atoms with Crippen molar-refractivity contribution in [2.75, 3.05) is 48.3 Å². The van der Waals surface area contributed by atoms with Crippen LogP contribution in [0.2, 0.25) is 0 Å². The monoisotopic (exact) mass is 396 g/mol. The van der Waals surface area contributed by atoms with Crippen molar-refractivity contribution in [1.82, 2.24) is 5.32 Å². The molecule has 2 N–H and O–H groups in total. The Morgan fingerprint density at radius 2 is 1.72 bits per heavy atom. The van der Waals surface area contributed by atoms with E-state index >= 15 is 0 Å². The molecule has 2 unspecified atom stereocenters. The molecule has 29 heavy (non-hydrogen) atoms. The zero-order valence-corrected chi connectivity index (χ0v) is 17.6. The van der Waals surface area contributed by atoms with Crippen molar-refractivity contribution in [3.8, 4) is 0 Å². The van der Waals surface area contributed by atoms with Gasteiger partial charge in [-0.25, -0.2) is 4.79 Å². The quantitative estimate of drug-likeness (QED) is 0.696. The topological polar surface area (TPSA) is 56.8 Å². The molecule has 0 bridgehead atoms. The number of ether oxygens (including phenoxy) is 1. The molecule has 3 rings (SSSR count). The predicted octanol–water partition coefficient (Wildman–Crippen LogP) is 3.95. The summed E-state index contributed by atoms with van der Waals surface area (Å²) in [5.41, 5.74) is 3.04. The number of carbonyl (C=O) groups excluding carboxylic acids is 1. The van der Waals surface area contributed by atoms with Gasteiger partial charge >= 0.3 is 6.03 Å². The minimum Gasteiger partial charge on any atom is -0.375 e. The van der Waals surface area contributed by atoms with Crippen LogP contribution in [-0.4, -0.2) is 51.5 Å². The smallest absolute Gasteiger partial charge is 0.319 e. The lowest BCUT2D eigenvalue weighted by Crippen LogP contribution is -2.45. The lowest BCUT2D eigenvalue weighted by Gasteiger charge is -2.37. The van der Waals surface area contributed by atoms with E-state index in [1.807, 2.05) is 36.4 Å². The maximum absolute atomic E-state index is 12.4. The molecule has 0 aliphatic carbocycles. The Morgan fingerprint density at radius 1 is 1.07 bits per heavy atom. The van der Waals surface area contributed by atoms with E-state index in [4.69, 9.17) is 4.74 Å². The first-order chi connectivity index (χ1) is 14.0. The molecule has 2 aromatic rings. The number of nitrogens with one attached hydrogen (secondary N) is 2. The Bertz CT molecular complexity index is 773. The number of rotatable bonds is 7. The van der Waals surface area contributed by atoms with E-state index in [0.29, 0.717) is 6.54 Å². The van der Waals surface area contributed by atoms with Crippen LogP contribution in [0.15, 0.2) is 54.6 Å². The Balaban J connectivity index is 1.48. The minimum absolute atomic E-state index is 0.169. The van der Waals surface area contributed by atoms with E-state index < -0.39 is 0 Å². The molecule has 2 amide bonds. The molecule has 1 aliphatic rings. The van der Waals surface area contributed by atoms with E-state index in [2.05, 4.69) is 59.5 Å². The van der Waals surface area contributed by atoms with Gasteiger partial charge in [0, 0.05) is 38.9 Å². The molecule has 1 saturated heterocycles. The Labute approximate surface area is 173 Å². The Hall–Kier alpha value is -2.73. The highest BCUT2D eigenvalue weighted by molar-refractivity contribution is 5.93. The van der Waals surface area contributed by atoms with Gasteiger partial charge in [-0.15, -0.1) is 0 Å². The Kier molecular flexibility index (Phi) is 7.36. The van der Waals surface area contributed by atoms with E-state index in [1.165, 1.54) is 5.69 Å². The molecule has 0 saturated carbocycles. The molecular weight excluding hydrogens is 364 g/mol. The van der Waals surface area contributed by atoms with Crippen LogP contribution >= 0.6 is 0 Å². The number of benzene rings is 2. The number of carbonyl (C=O) groups is 1. The van der Waals surface area contributed by atoms with Crippen LogP contribution in [0.4, 0.5) is 21.9 Å². The first kappa shape index (κ1) is 21.0. The van der Waals surface area contributed by atoms with Gasteiger partial charge in [0.05, 0.1) is 23.6 Å². The summed E-state index contributed by atoms with van der Waals surface area (Å²) in [7, 11) is 2.07. The van der Waals surface area contributed by atoms with Crippen LogP contribution in [0.1, 0.15) is 20.3 Å². The lowest BCUT2D eigenvalue weighted by atomic mass is 10.1. The molecule has 2 atom stereocenters. The minimum atomic E-state index is -0.172. The number of anilines is 3. The molecule has 2 aromatic carbocycles. The summed E-state index contributed by atoms with van der Waals surface area (Å²) in [6, 6.07) is 18.0. The summed E-state index contributed by atoms with van der Waals surface area (Å²) in [4.78, 5) is 16.9. The molecule has 0 aromatic heterocycles. The SMILES string of the molecule is CC1CN(c2ccccc2NC(=O)NCCCN(C)c2ccccc2)CC(C)O1. The number of nitrogens with zero attached hydrogens (tertiary/aromatic N) is 2. The molecule has 1 aliphatic heterocycles. The van der Waals surface area contributed by atoms with Crippen molar-refractivity contribution in [2.45, 2.75) is 32.5 Å². The third-order valence-electron chi connectivity index (χ3n) is 5.07. The van der Waals surface area contributed by atoms with Crippen LogP contribution in [0, 0.1) is 0 Å². The normalized spacial score (nSPS) is 18.9. The second-order valence-corrected chi connectivity index (χ2v) is 7.67. The first-order valence-corrected chi connectivity index (χ1v) is 10.3. The van der Waals surface area contributed by atoms with Crippen molar-refractivity contribution >= 4 is 23.1 Å². The predicted molar refractivity (Wildman–Crippen MR) is 120 cm³/mol. The maximum Gasteiger partial charge on any atom is 0.319 e. The number of hydrogen-bond donors (Lipinski definition) is 2. The third kappa shape index (κ3) is 6.12. The number of para-hydroxylation sites is 3. The van der Waals surface area contributed by atoms with Crippen LogP contribution < -0.4 is 20.4 Å². The van der Waals surface area contributed by atoms with Crippen molar-refractivity contribution < 1.29 is 9.53 Å². The van der Waals surface area contributed by atoms with Gasteiger partial charge in [0.15, 0.2) is 0 Å². The van der Waals surface area contributed by atoms with Crippen LogP contribution in [-0.2, 0) is 4.74 Å². The zero-order chi connectivity index (χ0) is 20.6. The second kappa shape index (κ2) is 10.2. The summed E-state index contributed by atoms with van der Waals surface area (Å²) in [6.45, 7) is 7.30. The standard InChI is InChI=1S/C23H32N4O2/c1-18-16-27(17-19(2)29-18)22-13-8-7-12-21(22)25-23(28)24-14-9-15-26(3)20-10-5-4-6-11-20/h4-8,10-13,18-19H,9,14-17H2,1-3H3,(H2,24,25,28). The van der Waals surface area contributed by atoms with Crippen molar-refractivity contribution in [3.05, 3.63) is 54.6 Å². The van der Waals surface area contributed by atoms with Gasteiger partial charge in [0.2, 0.25) is 0 Å². The van der Waals surface area contributed by atoms with Gasteiger partial charge in [-0.3, -0.25) is 0 Å². The van der Waals surface area contributed by atoms with Gasteiger partial charge in [-0.2, -0.15) is 0 Å². The summed E-state index contributed by atoms with van der Waals surface area (Å²) < 4.78 is 5.83. The highest BCUT2D eigenvalue weighted by atomic mass is 16.5. The van der Waals surface area contributed by atoms with Crippen LogP contribution in [0.3, 0.4) is 0 Å². The number of hydrogen-bond acceptors (Lipinski definition) is 4. The van der Waals surface area contributed by atoms with E-state index in [0.717, 1.165) is 37.4 Å². The van der Waals surface area contributed by atoms with Gasteiger partial charge in [-0.1, -0.05) is 30.3 Å². The third-order valence-corrected chi connectivity index (χ3v) is 5.07. The first-order valence-electron chi connectivity index (χ1n) is 10.3. The van der Waals surface area contributed by atoms with Gasteiger partial charge < -0.3 is 25.2 Å². The van der Waals surface area contributed by atoms with Crippen molar-refractivity contribution in [1.29, 1.82) is 0 Å². The van der Waals surface area contributed by atoms with Gasteiger partial charge in [-0.05, 0) is 44.5 Å². The second-order valence-electron chi connectivity index (χ2n) is 7.67. The van der Waals surface area contributed by atoms with Gasteiger partial charge in [0.25, 0.3) is 0 Å².